The topological polar surface area (TPSA) is 49.5 Å². The lowest BCUT2D eigenvalue weighted by Gasteiger charge is -2.26. The molecular weight excluding hydrogens is 232 g/mol. The fourth-order valence-electron chi connectivity index (χ4n) is 1.88. The number of nitrogens with two attached hydrogens (primary N) is 1. The first-order valence-corrected chi connectivity index (χ1v) is 7.24. The molecule has 0 radical (unpaired) electrons. The summed E-state index contributed by atoms with van der Waals surface area (Å²) in [6.07, 6.45) is 3.23. The fourth-order valence-corrected chi connectivity index (χ4v) is 2.75. The quantitative estimate of drug-likeness (QED) is 0.605. The molecule has 0 spiro atoms. The Labute approximate surface area is 108 Å². The molecule has 0 heterocycles. The number of benzene rings is 1. The lowest BCUT2D eigenvalue weighted by atomic mass is 10.1. The zero-order chi connectivity index (χ0) is 12.8. The number of hydrogen-bond acceptors (Lipinski definition) is 4. The fraction of sp³-hybridized carbons (Fsp3) is 0.538. The summed E-state index contributed by atoms with van der Waals surface area (Å²) >= 11 is 1.85. The van der Waals surface area contributed by atoms with Crippen LogP contribution in [0.5, 0.6) is 5.75 Å². The molecule has 0 aliphatic rings. The molecule has 0 amide bonds. The first-order chi connectivity index (χ1) is 8.08. The van der Waals surface area contributed by atoms with Crippen LogP contribution in [0, 0.1) is 0 Å². The number of rotatable bonds is 6. The van der Waals surface area contributed by atoms with Crippen LogP contribution >= 0.6 is 11.8 Å². The molecule has 1 aromatic carbocycles. The molecule has 0 fully saturated rings. The summed E-state index contributed by atoms with van der Waals surface area (Å²) in [5.41, 5.74) is 7.33. The highest BCUT2D eigenvalue weighted by atomic mass is 32.2. The predicted molar refractivity (Wildman–Crippen MR) is 76.4 cm³/mol. The Bertz CT molecular complexity index is 357. The Balaban J connectivity index is 2.72. The van der Waals surface area contributed by atoms with Crippen molar-refractivity contribution in [1.29, 1.82) is 0 Å². The van der Waals surface area contributed by atoms with Gasteiger partial charge in [0.25, 0.3) is 0 Å². The van der Waals surface area contributed by atoms with Gasteiger partial charge >= 0.3 is 0 Å². The number of phenolic OH excluding ortho intramolecular Hbond substituents is 1. The van der Waals surface area contributed by atoms with Crippen LogP contribution in [0.2, 0.25) is 0 Å². The molecule has 1 aromatic rings. The smallest absolute Gasteiger partial charge is 0.120 e. The highest BCUT2D eigenvalue weighted by Gasteiger charge is 2.14. The number of anilines is 1. The van der Waals surface area contributed by atoms with Crippen molar-refractivity contribution in [2.24, 2.45) is 0 Å². The van der Waals surface area contributed by atoms with E-state index in [4.69, 9.17) is 5.73 Å². The van der Waals surface area contributed by atoms with Crippen LogP contribution in [0.15, 0.2) is 18.2 Å². The molecule has 0 aliphatic carbocycles. The second-order valence-electron chi connectivity index (χ2n) is 4.32. The van der Waals surface area contributed by atoms with Crippen LogP contribution in [-0.4, -0.2) is 35.1 Å². The van der Waals surface area contributed by atoms with Crippen molar-refractivity contribution in [3.05, 3.63) is 23.8 Å². The van der Waals surface area contributed by atoms with Crippen molar-refractivity contribution in [3.8, 4) is 5.75 Å². The van der Waals surface area contributed by atoms with Gasteiger partial charge in [0, 0.05) is 29.6 Å². The minimum atomic E-state index is 0.324. The van der Waals surface area contributed by atoms with Crippen molar-refractivity contribution in [2.45, 2.75) is 25.9 Å². The molecule has 1 atom stereocenters. The second kappa shape index (κ2) is 6.77. The molecule has 96 valence electrons. The number of phenols is 1. The Morgan fingerprint density at radius 2 is 2.18 bits per heavy atom. The Kier molecular flexibility index (Phi) is 5.65. The third-order valence-electron chi connectivity index (χ3n) is 2.98. The van der Waals surface area contributed by atoms with Gasteiger partial charge in [-0.3, -0.25) is 4.90 Å². The minimum Gasteiger partial charge on any atom is -0.508 e. The van der Waals surface area contributed by atoms with Crippen molar-refractivity contribution in [1.82, 2.24) is 4.90 Å². The largest absolute Gasteiger partial charge is 0.508 e. The van der Waals surface area contributed by atoms with Crippen LogP contribution in [-0.2, 0) is 6.54 Å². The maximum absolute atomic E-state index is 9.78. The molecule has 3 nitrogen and oxygen atoms in total. The second-order valence-corrected chi connectivity index (χ2v) is 5.23. The van der Waals surface area contributed by atoms with Gasteiger partial charge in [-0.2, -0.15) is 11.8 Å². The van der Waals surface area contributed by atoms with Gasteiger partial charge < -0.3 is 10.8 Å². The maximum atomic E-state index is 9.78. The summed E-state index contributed by atoms with van der Waals surface area (Å²) in [6, 6.07) is 5.76. The Morgan fingerprint density at radius 3 is 2.76 bits per heavy atom. The summed E-state index contributed by atoms with van der Waals surface area (Å²) < 4.78 is 0. The van der Waals surface area contributed by atoms with Gasteiger partial charge in [-0.05, 0) is 37.9 Å². The number of aromatic hydroxyl groups is 1. The molecule has 1 rings (SSSR count). The Morgan fingerprint density at radius 1 is 1.47 bits per heavy atom. The van der Waals surface area contributed by atoms with Crippen LogP contribution in [0.25, 0.3) is 0 Å². The molecule has 4 heteroatoms. The summed E-state index contributed by atoms with van der Waals surface area (Å²) in [5, 5.41) is 9.78. The van der Waals surface area contributed by atoms with Gasteiger partial charge in [-0.15, -0.1) is 0 Å². The SMILES string of the molecule is CCC(CSC)N(C)Cc1cc(N)ccc1O. The first kappa shape index (κ1) is 14.2. The monoisotopic (exact) mass is 254 g/mol. The third kappa shape index (κ3) is 4.13. The van der Waals surface area contributed by atoms with E-state index in [1.165, 1.54) is 0 Å². The molecule has 1 unspecified atom stereocenters. The van der Waals surface area contributed by atoms with E-state index in [0.717, 1.165) is 24.3 Å². The van der Waals surface area contributed by atoms with Crippen LogP contribution in [0.1, 0.15) is 18.9 Å². The third-order valence-corrected chi connectivity index (χ3v) is 3.70. The van der Waals surface area contributed by atoms with E-state index in [9.17, 15) is 5.11 Å². The summed E-state index contributed by atoms with van der Waals surface area (Å²) in [5.74, 6) is 1.43. The molecule has 0 aliphatic heterocycles. The molecular formula is C13H22N2OS. The zero-order valence-electron chi connectivity index (χ0n) is 10.8. The van der Waals surface area contributed by atoms with Crippen LogP contribution in [0.4, 0.5) is 5.69 Å². The average Bonchev–Trinajstić information content (AvgIpc) is 2.30. The summed E-state index contributed by atoms with van der Waals surface area (Å²) in [6.45, 7) is 2.92. The van der Waals surface area contributed by atoms with E-state index in [1.54, 1.807) is 12.1 Å². The summed E-state index contributed by atoms with van der Waals surface area (Å²) in [7, 11) is 2.09. The minimum absolute atomic E-state index is 0.324. The van der Waals surface area contributed by atoms with E-state index < -0.39 is 0 Å². The molecule has 0 aromatic heterocycles. The van der Waals surface area contributed by atoms with Gasteiger partial charge in [0.2, 0.25) is 0 Å². The van der Waals surface area contributed by atoms with Gasteiger partial charge in [0.15, 0.2) is 0 Å². The standard InChI is InChI=1S/C13H22N2OS/c1-4-12(9-17-3)15(2)8-10-7-11(14)5-6-13(10)16/h5-7,12,16H,4,8-9,14H2,1-3H3. The van der Waals surface area contributed by atoms with Crippen molar-refractivity contribution >= 4 is 17.4 Å². The normalized spacial score (nSPS) is 12.9. The lowest BCUT2D eigenvalue weighted by Crippen LogP contribution is -2.32. The first-order valence-electron chi connectivity index (χ1n) is 5.85. The zero-order valence-corrected chi connectivity index (χ0v) is 11.6. The van der Waals surface area contributed by atoms with Crippen LogP contribution < -0.4 is 5.73 Å². The molecule has 17 heavy (non-hydrogen) atoms. The highest BCUT2D eigenvalue weighted by molar-refractivity contribution is 7.98. The Hall–Kier alpha value is -0.870. The lowest BCUT2D eigenvalue weighted by molar-refractivity contribution is 0.245. The van der Waals surface area contributed by atoms with E-state index in [0.29, 0.717) is 17.5 Å². The average molecular weight is 254 g/mol. The predicted octanol–water partition coefficient (Wildman–Crippen LogP) is 2.55. The van der Waals surface area contributed by atoms with Gasteiger partial charge in [0.05, 0.1) is 0 Å². The van der Waals surface area contributed by atoms with Crippen molar-refractivity contribution in [2.75, 3.05) is 24.8 Å². The van der Waals surface area contributed by atoms with Gasteiger partial charge in [0.1, 0.15) is 5.75 Å². The van der Waals surface area contributed by atoms with E-state index >= 15 is 0 Å². The van der Waals surface area contributed by atoms with Crippen molar-refractivity contribution in [3.63, 3.8) is 0 Å². The number of nitrogens with zero attached hydrogens (tertiary/aromatic N) is 1. The molecule has 0 saturated carbocycles. The van der Waals surface area contributed by atoms with E-state index in [1.807, 2.05) is 17.8 Å². The van der Waals surface area contributed by atoms with Crippen LogP contribution in [0.3, 0.4) is 0 Å². The van der Waals surface area contributed by atoms with Gasteiger partial charge in [-0.1, -0.05) is 6.92 Å². The number of nitrogen functional groups attached to an aromatic ring is 1. The van der Waals surface area contributed by atoms with Crippen molar-refractivity contribution < 1.29 is 5.11 Å². The molecule has 3 N–H and O–H groups in total. The van der Waals surface area contributed by atoms with E-state index in [-0.39, 0.29) is 0 Å². The number of hydrogen-bond donors (Lipinski definition) is 2. The maximum Gasteiger partial charge on any atom is 0.120 e. The van der Waals surface area contributed by atoms with E-state index in [2.05, 4.69) is 25.1 Å². The number of thioether (sulfide) groups is 1. The highest BCUT2D eigenvalue weighted by Crippen LogP contribution is 2.22. The summed E-state index contributed by atoms with van der Waals surface area (Å²) in [4.78, 5) is 2.27. The molecule has 0 bridgehead atoms. The molecule has 0 saturated heterocycles. The van der Waals surface area contributed by atoms with Gasteiger partial charge in [-0.25, -0.2) is 0 Å².